The lowest BCUT2D eigenvalue weighted by Gasteiger charge is -2.30. The molecule has 0 aliphatic rings. The summed E-state index contributed by atoms with van der Waals surface area (Å²) in [6, 6.07) is 9.63. The highest BCUT2D eigenvalue weighted by Gasteiger charge is 2.39. The van der Waals surface area contributed by atoms with Crippen molar-refractivity contribution in [2.45, 2.75) is 32.1 Å². The zero-order valence-corrected chi connectivity index (χ0v) is 12.4. The average Bonchev–Trinajstić information content (AvgIpc) is 2.49. The van der Waals surface area contributed by atoms with Crippen LogP contribution in [0, 0.1) is 0 Å². The van der Waals surface area contributed by atoms with Crippen molar-refractivity contribution in [1.82, 2.24) is 0 Å². The van der Waals surface area contributed by atoms with Gasteiger partial charge in [0.15, 0.2) is 0 Å². The van der Waals surface area contributed by atoms with Crippen LogP contribution in [0.15, 0.2) is 30.3 Å². The summed E-state index contributed by atoms with van der Waals surface area (Å²) in [5.74, 6) is -0.245. The van der Waals surface area contributed by atoms with Crippen LogP contribution in [-0.4, -0.2) is 32.3 Å². The number of carbonyl (C=O) groups excluding carboxylic acids is 1. The first-order chi connectivity index (χ1) is 9.71. The standard InChI is InChI=1S/C16H25NO3/c1-3-19-12-8-11-16(13-17,15(18)20-4-2)14-9-6-5-7-10-14/h5-7,9-10H,3-4,8,11-13,17H2,1-2H3. The molecular weight excluding hydrogens is 254 g/mol. The Bertz CT molecular complexity index is 394. The normalized spacial score (nSPS) is 13.8. The average molecular weight is 279 g/mol. The lowest BCUT2D eigenvalue weighted by Crippen LogP contribution is -2.44. The zero-order chi connectivity index (χ0) is 14.8. The van der Waals surface area contributed by atoms with E-state index >= 15 is 0 Å². The SMILES string of the molecule is CCOCCCC(CN)(C(=O)OCC)c1ccccc1. The molecule has 0 aromatic heterocycles. The summed E-state index contributed by atoms with van der Waals surface area (Å²) < 4.78 is 10.6. The molecule has 0 fully saturated rings. The van der Waals surface area contributed by atoms with E-state index < -0.39 is 5.41 Å². The molecule has 4 nitrogen and oxygen atoms in total. The summed E-state index contributed by atoms with van der Waals surface area (Å²) in [6.07, 6.45) is 1.41. The first-order valence-electron chi connectivity index (χ1n) is 7.21. The van der Waals surface area contributed by atoms with Gasteiger partial charge in [0.2, 0.25) is 0 Å². The zero-order valence-electron chi connectivity index (χ0n) is 12.4. The van der Waals surface area contributed by atoms with Gasteiger partial charge in [-0.05, 0) is 32.3 Å². The first kappa shape index (κ1) is 16.7. The first-order valence-corrected chi connectivity index (χ1v) is 7.21. The van der Waals surface area contributed by atoms with Crippen LogP contribution in [0.5, 0.6) is 0 Å². The molecule has 0 spiro atoms. The third-order valence-electron chi connectivity index (χ3n) is 3.44. The number of carbonyl (C=O) groups is 1. The van der Waals surface area contributed by atoms with E-state index in [1.54, 1.807) is 0 Å². The summed E-state index contributed by atoms with van der Waals surface area (Å²) in [4.78, 5) is 12.4. The Labute approximate surface area is 121 Å². The van der Waals surface area contributed by atoms with Crippen LogP contribution in [0.2, 0.25) is 0 Å². The van der Waals surface area contributed by atoms with Gasteiger partial charge < -0.3 is 15.2 Å². The number of rotatable bonds is 9. The van der Waals surface area contributed by atoms with E-state index in [1.807, 2.05) is 44.2 Å². The Hall–Kier alpha value is -1.39. The van der Waals surface area contributed by atoms with Crippen LogP contribution >= 0.6 is 0 Å². The summed E-state index contributed by atoms with van der Waals surface area (Å²) in [5, 5.41) is 0. The quantitative estimate of drug-likeness (QED) is 0.556. The Balaban J connectivity index is 2.94. The van der Waals surface area contributed by atoms with Crippen LogP contribution in [0.4, 0.5) is 0 Å². The maximum atomic E-state index is 12.4. The molecule has 1 unspecified atom stereocenters. The largest absolute Gasteiger partial charge is 0.465 e. The second kappa shape index (κ2) is 8.72. The molecule has 4 heteroatoms. The number of hydrogen-bond donors (Lipinski definition) is 1. The highest BCUT2D eigenvalue weighted by Crippen LogP contribution is 2.30. The van der Waals surface area contributed by atoms with Crippen molar-refractivity contribution < 1.29 is 14.3 Å². The molecular formula is C16H25NO3. The number of hydrogen-bond acceptors (Lipinski definition) is 4. The fourth-order valence-corrected chi connectivity index (χ4v) is 2.31. The van der Waals surface area contributed by atoms with Crippen molar-refractivity contribution in [3.05, 3.63) is 35.9 Å². The molecule has 0 amide bonds. The number of benzene rings is 1. The van der Waals surface area contributed by atoms with Crippen molar-refractivity contribution in [1.29, 1.82) is 0 Å². The molecule has 112 valence electrons. The molecule has 20 heavy (non-hydrogen) atoms. The van der Waals surface area contributed by atoms with Gasteiger partial charge in [-0.3, -0.25) is 4.79 Å². The highest BCUT2D eigenvalue weighted by atomic mass is 16.5. The topological polar surface area (TPSA) is 61.5 Å². The van der Waals surface area contributed by atoms with E-state index in [1.165, 1.54) is 0 Å². The smallest absolute Gasteiger partial charge is 0.317 e. The predicted octanol–water partition coefficient (Wildman–Crippen LogP) is 2.26. The van der Waals surface area contributed by atoms with Gasteiger partial charge in [-0.1, -0.05) is 30.3 Å². The highest BCUT2D eigenvalue weighted by molar-refractivity contribution is 5.83. The number of ether oxygens (including phenoxy) is 2. The molecule has 2 N–H and O–H groups in total. The molecule has 0 bridgehead atoms. The van der Waals surface area contributed by atoms with E-state index in [4.69, 9.17) is 15.2 Å². The Morgan fingerprint density at radius 1 is 1.20 bits per heavy atom. The van der Waals surface area contributed by atoms with Gasteiger partial charge in [0.05, 0.1) is 6.61 Å². The molecule has 0 radical (unpaired) electrons. The van der Waals surface area contributed by atoms with Gasteiger partial charge in [0, 0.05) is 19.8 Å². The Kier molecular flexibility index (Phi) is 7.26. The number of esters is 1. The van der Waals surface area contributed by atoms with Crippen LogP contribution in [0.1, 0.15) is 32.3 Å². The van der Waals surface area contributed by atoms with E-state index in [9.17, 15) is 4.79 Å². The maximum Gasteiger partial charge on any atom is 0.317 e. The van der Waals surface area contributed by atoms with Crippen molar-refractivity contribution in [2.24, 2.45) is 5.73 Å². The van der Waals surface area contributed by atoms with Gasteiger partial charge in [-0.2, -0.15) is 0 Å². The lowest BCUT2D eigenvalue weighted by atomic mass is 9.76. The van der Waals surface area contributed by atoms with Crippen LogP contribution in [0.25, 0.3) is 0 Å². The summed E-state index contributed by atoms with van der Waals surface area (Å²) in [7, 11) is 0. The Morgan fingerprint density at radius 3 is 2.45 bits per heavy atom. The summed E-state index contributed by atoms with van der Waals surface area (Å²) in [5.41, 5.74) is 6.09. The summed E-state index contributed by atoms with van der Waals surface area (Å²) >= 11 is 0. The van der Waals surface area contributed by atoms with Gasteiger partial charge in [0.25, 0.3) is 0 Å². The van der Waals surface area contributed by atoms with E-state index in [-0.39, 0.29) is 12.5 Å². The molecule has 0 saturated carbocycles. The Morgan fingerprint density at radius 2 is 1.90 bits per heavy atom. The van der Waals surface area contributed by atoms with E-state index in [0.717, 1.165) is 12.0 Å². The minimum absolute atomic E-state index is 0.238. The van der Waals surface area contributed by atoms with Crippen LogP contribution in [-0.2, 0) is 19.7 Å². The number of nitrogens with two attached hydrogens (primary N) is 1. The fraction of sp³-hybridized carbons (Fsp3) is 0.562. The molecule has 1 rings (SSSR count). The maximum absolute atomic E-state index is 12.4. The van der Waals surface area contributed by atoms with Crippen molar-refractivity contribution in [3.8, 4) is 0 Å². The minimum atomic E-state index is -0.769. The van der Waals surface area contributed by atoms with Crippen LogP contribution < -0.4 is 5.73 Å². The minimum Gasteiger partial charge on any atom is -0.465 e. The van der Waals surface area contributed by atoms with Gasteiger partial charge in [0.1, 0.15) is 5.41 Å². The molecule has 1 atom stereocenters. The molecule has 1 aromatic rings. The molecule has 0 heterocycles. The fourth-order valence-electron chi connectivity index (χ4n) is 2.31. The second-order valence-electron chi connectivity index (χ2n) is 4.67. The van der Waals surface area contributed by atoms with E-state index in [2.05, 4.69) is 0 Å². The monoisotopic (exact) mass is 279 g/mol. The molecule has 0 aliphatic carbocycles. The van der Waals surface area contributed by atoms with Crippen molar-refractivity contribution in [3.63, 3.8) is 0 Å². The molecule has 1 aromatic carbocycles. The van der Waals surface area contributed by atoms with Gasteiger partial charge in [-0.15, -0.1) is 0 Å². The lowest BCUT2D eigenvalue weighted by molar-refractivity contribution is -0.150. The van der Waals surface area contributed by atoms with Crippen molar-refractivity contribution >= 4 is 5.97 Å². The van der Waals surface area contributed by atoms with Gasteiger partial charge in [-0.25, -0.2) is 0 Å². The van der Waals surface area contributed by atoms with Gasteiger partial charge >= 0.3 is 5.97 Å². The van der Waals surface area contributed by atoms with Crippen LogP contribution in [0.3, 0.4) is 0 Å². The predicted molar refractivity (Wildman–Crippen MR) is 79.5 cm³/mol. The van der Waals surface area contributed by atoms with E-state index in [0.29, 0.717) is 26.2 Å². The third-order valence-corrected chi connectivity index (χ3v) is 3.44. The molecule has 0 saturated heterocycles. The molecule has 0 aliphatic heterocycles. The second-order valence-corrected chi connectivity index (χ2v) is 4.67. The summed E-state index contributed by atoms with van der Waals surface area (Å²) in [6.45, 7) is 5.68. The third kappa shape index (κ3) is 4.05. The van der Waals surface area contributed by atoms with Crippen molar-refractivity contribution in [2.75, 3.05) is 26.4 Å².